The third kappa shape index (κ3) is 2.21. The quantitative estimate of drug-likeness (QED) is 0.747. The molecule has 0 bridgehead atoms. The number of aromatic nitrogens is 1. The summed E-state index contributed by atoms with van der Waals surface area (Å²) in [6.07, 6.45) is 3.16. The van der Waals surface area contributed by atoms with E-state index < -0.39 is 0 Å². The molecular weight excluding hydrogens is 168 g/mol. The van der Waals surface area contributed by atoms with Crippen LogP contribution in [-0.2, 0) is 11.2 Å². The molecule has 4 heteroatoms. The van der Waals surface area contributed by atoms with Gasteiger partial charge in [0, 0.05) is 25.7 Å². The van der Waals surface area contributed by atoms with Crippen molar-refractivity contribution in [1.82, 2.24) is 5.16 Å². The van der Waals surface area contributed by atoms with Gasteiger partial charge in [0.1, 0.15) is 5.76 Å². The van der Waals surface area contributed by atoms with E-state index in [1.807, 2.05) is 0 Å². The Morgan fingerprint density at radius 3 is 2.85 bits per heavy atom. The summed E-state index contributed by atoms with van der Waals surface area (Å²) in [7, 11) is 0. The van der Waals surface area contributed by atoms with Gasteiger partial charge in [-0.25, -0.2) is 0 Å². The minimum Gasteiger partial charge on any atom is -0.381 e. The molecule has 0 aliphatic carbocycles. The monoisotopic (exact) mass is 182 g/mol. The average molecular weight is 182 g/mol. The molecule has 2 rings (SSSR count). The molecule has 1 aromatic heterocycles. The molecule has 2 heterocycles. The zero-order valence-electron chi connectivity index (χ0n) is 7.53. The Bertz CT molecular complexity index is 266. The van der Waals surface area contributed by atoms with Crippen molar-refractivity contribution >= 4 is 5.82 Å². The summed E-state index contributed by atoms with van der Waals surface area (Å²) >= 11 is 0. The van der Waals surface area contributed by atoms with E-state index >= 15 is 0 Å². The fourth-order valence-electron chi connectivity index (χ4n) is 1.66. The molecular formula is C9H14N2O2. The van der Waals surface area contributed by atoms with Crippen molar-refractivity contribution in [1.29, 1.82) is 0 Å². The van der Waals surface area contributed by atoms with Gasteiger partial charge in [-0.2, -0.15) is 0 Å². The van der Waals surface area contributed by atoms with Gasteiger partial charge >= 0.3 is 0 Å². The van der Waals surface area contributed by atoms with Crippen LogP contribution in [0.2, 0.25) is 0 Å². The van der Waals surface area contributed by atoms with Crippen LogP contribution in [0.25, 0.3) is 0 Å². The predicted molar refractivity (Wildman–Crippen MR) is 48.2 cm³/mol. The zero-order valence-corrected chi connectivity index (χ0v) is 7.53. The van der Waals surface area contributed by atoms with E-state index in [1.165, 1.54) is 0 Å². The third-order valence-electron chi connectivity index (χ3n) is 2.41. The van der Waals surface area contributed by atoms with Crippen molar-refractivity contribution in [3.05, 3.63) is 11.8 Å². The second kappa shape index (κ2) is 3.79. The number of nitrogens with zero attached hydrogens (tertiary/aromatic N) is 1. The van der Waals surface area contributed by atoms with Crippen molar-refractivity contribution in [2.24, 2.45) is 5.92 Å². The Morgan fingerprint density at radius 2 is 2.23 bits per heavy atom. The molecule has 1 aromatic rings. The molecule has 2 N–H and O–H groups in total. The Balaban J connectivity index is 1.89. The predicted octanol–water partition coefficient (Wildman–Crippen LogP) is 1.23. The first-order valence-corrected chi connectivity index (χ1v) is 4.63. The number of nitrogens with two attached hydrogens (primary N) is 1. The summed E-state index contributed by atoms with van der Waals surface area (Å²) in [5.74, 6) is 2.03. The smallest absolute Gasteiger partial charge is 0.167 e. The lowest BCUT2D eigenvalue weighted by molar-refractivity contribution is 0.0646. The van der Waals surface area contributed by atoms with Crippen molar-refractivity contribution in [3.63, 3.8) is 0 Å². The van der Waals surface area contributed by atoms with E-state index in [0.717, 1.165) is 38.2 Å². The summed E-state index contributed by atoms with van der Waals surface area (Å²) < 4.78 is 10.3. The highest BCUT2D eigenvalue weighted by Gasteiger charge is 2.16. The molecule has 1 fully saturated rings. The molecule has 0 amide bonds. The maximum Gasteiger partial charge on any atom is 0.167 e. The van der Waals surface area contributed by atoms with E-state index in [4.69, 9.17) is 15.0 Å². The highest BCUT2D eigenvalue weighted by molar-refractivity contribution is 5.26. The number of rotatable bonds is 2. The topological polar surface area (TPSA) is 61.3 Å². The Labute approximate surface area is 77.0 Å². The molecule has 1 aliphatic rings. The van der Waals surface area contributed by atoms with Crippen molar-refractivity contribution in [3.8, 4) is 0 Å². The van der Waals surface area contributed by atoms with Crippen LogP contribution in [0.1, 0.15) is 18.6 Å². The number of anilines is 1. The van der Waals surface area contributed by atoms with E-state index in [0.29, 0.717) is 11.7 Å². The molecule has 0 aromatic carbocycles. The molecule has 0 unspecified atom stereocenters. The lowest BCUT2D eigenvalue weighted by Gasteiger charge is -2.20. The first-order valence-electron chi connectivity index (χ1n) is 4.63. The minimum atomic E-state index is 0.474. The lowest BCUT2D eigenvalue weighted by atomic mass is 9.95. The van der Waals surface area contributed by atoms with Gasteiger partial charge in [0.25, 0.3) is 0 Å². The normalized spacial score (nSPS) is 19.1. The number of ether oxygens (including phenoxy) is 1. The summed E-state index contributed by atoms with van der Waals surface area (Å²) in [6, 6.07) is 1.80. The van der Waals surface area contributed by atoms with Crippen molar-refractivity contribution < 1.29 is 9.26 Å². The largest absolute Gasteiger partial charge is 0.381 e. The van der Waals surface area contributed by atoms with Gasteiger partial charge in [-0.3, -0.25) is 0 Å². The Morgan fingerprint density at radius 1 is 1.46 bits per heavy atom. The first-order chi connectivity index (χ1) is 6.34. The standard InChI is InChI=1S/C9H14N2O2/c10-9-6-8(13-11-9)5-7-1-3-12-4-2-7/h6-7H,1-5H2,(H2,10,11). The van der Waals surface area contributed by atoms with Gasteiger partial charge in [0.15, 0.2) is 5.82 Å². The van der Waals surface area contributed by atoms with Crippen LogP contribution < -0.4 is 5.73 Å². The van der Waals surface area contributed by atoms with Gasteiger partial charge in [0.2, 0.25) is 0 Å². The van der Waals surface area contributed by atoms with Gasteiger partial charge in [-0.15, -0.1) is 0 Å². The van der Waals surface area contributed by atoms with Gasteiger partial charge < -0.3 is 15.0 Å². The molecule has 4 nitrogen and oxygen atoms in total. The van der Waals surface area contributed by atoms with Gasteiger partial charge in [0.05, 0.1) is 0 Å². The van der Waals surface area contributed by atoms with Crippen LogP contribution in [0.5, 0.6) is 0 Å². The Kier molecular flexibility index (Phi) is 2.49. The zero-order chi connectivity index (χ0) is 9.10. The second-order valence-electron chi connectivity index (χ2n) is 3.48. The number of hydrogen-bond acceptors (Lipinski definition) is 4. The van der Waals surface area contributed by atoms with Crippen LogP contribution in [0.4, 0.5) is 5.82 Å². The first kappa shape index (κ1) is 8.56. The maximum atomic E-state index is 5.45. The van der Waals surface area contributed by atoms with Gasteiger partial charge in [-0.1, -0.05) is 5.16 Å². The fraction of sp³-hybridized carbons (Fsp3) is 0.667. The second-order valence-corrected chi connectivity index (χ2v) is 3.48. The molecule has 72 valence electrons. The van der Waals surface area contributed by atoms with E-state index in [2.05, 4.69) is 5.16 Å². The van der Waals surface area contributed by atoms with E-state index in [1.54, 1.807) is 6.07 Å². The van der Waals surface area contributed by atoms with Crippen molar-refractivity contribution in [2.45, 2.75) is 19.3 Å². The summed E-state index contributed by atoms with van der Waals surface area (Å²) in [5, 5.41) is 3.65. The number of hydrogen-bond donors (Lipinski definition) is 1. The fourth-order valence-corrected chi connectivity index (χ4v) is 1.66. The molecule has 0 saturated carbocycles. The minimum absolute atomic E-state index is 0.474. The van der Waals surface area contributed by atoms with Crippen LogP contribution in [0.3, 0.4) is 0 Å². The summed E-state index contributed by atoms with van der Waals surface area (Å²) in [6.45, 7) is 1.74. The highest BCUT2D eigenvalue weighted by Crippen LogP contribution is 2.20. The van der Waals surface area contributed by atoms with E-state index in [9.17, 15) is 0 Å². The highest BCUT2D eigenvalue weighted by atomic mass is 16.5. The molecule has 0 radical (unpaired) electrons. The van der Waals surface area contributed by atoms with Crippen LogP contribution in [0, 0.1) is 5.92 Å². The van der Waals surface area contributed by atoms with E-state index in [-0.39, 0.29) is 0 Å². The molecule has 0 spiro atoms. The maximum absolute atomic E-state index is 5.45. The van der Waals surface area contributed by atoms with Gasteiger partial charge in [-0.05, 0) is 18.8 Å². The molecule has 13 heavy (non-hydrogen) atoms. The lowest BCUT2D eigenvalue weighted by Crippen LogP contribution is -2.17. The molecule has 1 aliphatic heterocycles. The Hall–Kier alpha value is -1.03. The van der Waals surface area contributed by atoms with Crippen LogP contribution in [0.15, 0.2) is 10.6 Å². The average Bonchev–Trinajstić information content (AvgIpc) is 2.53. The summed E-state index contributed by atoms with van der Waals surface area (Å²) in [4.78, 5) is 0. The van der Waals surface area contributed by atoms with Crippen LogP contribution >= 0.6 is 0 Å². The molecule has 0 atom stereocenters. The number of nitrogen functional groups attached to an aromatic ring is 1. The summed E-state index contributed by atoms with van der Waals surface area (Å²) in [5.41, 5.74) is 5.45. The van der Waals surface area contributed by atoms with Crippen LogP contribution in [-0.4, -0.2) is 18.4 Å². The van der Waals surface area contributed by atoms with Crippen molar-refractivity contribution in [2.75, 3.05) is 18.9 Å². The molecule has 1 saturated heterocycles. The third-order valence-corrected chi connectivity index (χ3v) is 2.41. The SMILES string of the molecule is Nc1cc(CC2CCOCC2)on1.